The number of hydrogen-bond donors (Lipinski definition) is 2. The molecular weight excluding hydrogens is 297 g/mol. The molecule has 1 aromatic carbocycles. The molecule has 1 saturated carbocycles. The van der Waals surface area contributed by atoms with Gasteiger partial charge >= 0.3 is 5.97 Å². The Hall–Kier alpha value is -2.43. The van der Waals surface area contributed by atoms with Gasteiger partial charge in [0.25, 0.3) is 0 Å². The first-order valence-corrected chi connectivity index (χ1v) is 7.55. The minimum Gasteiger partial charge on any atom is -0.481 e. The summed E-state index contributed by atoms with van der Waals surface area (Å²) in [6, 6.07) is 5.45. The van der Waals surface area contributed by atoms with Gasteiger partial charge in [0.2, 0.25) is 5.91 Å². The van der Waals surface area contributed by atoms with Gasteiger partial charge in [-0.25, -0.2) is 4.39 Å². The van der Waals surface area contributed by atoms with Gasteiger partial charge in [-0.3, -0.25) is 9.59 Å². The van der Waals surface area contributed by atoms with Crippen LogP contribution in [0.1, 0.15) is 13.8 Å². The van der Waals surface area contributed by atoms with Crippen LogP contribution in [0.25, 0.3) is 0 Å². The Morgan fingerprint density at radius 1 is 1.04 bits per heavy atom. The van der Waals surface area contributed by atoms with Gasteiger partial charge in [0, 0.05) is 17.5 Å². The van der Waals surface area contributed by atoms with Crippen LogP contribution in [0.5, 0.6) is 0 Å². The van der Waals surface area contributed by atoms with Crippen LogP contribution in [0, 0.1) is 29.5 Å². The van der Waals surface area contributed by atoms with E-state index in [4.69, 9.17) is 0 Å². The molecule has 4 atom stereocenters. The van der Waals surface area contributed by atoms with Gasteiger partial charge in [-0.2, -0.15) is 0 Å². The van der Waals surface area contributed by atoms with Crippen molar-refractivity contribution in [2.75, 3.05) is 5.32 Å². The van der Waals surface area contributed by atoms with Gasteiger partial charge in [0.15, 0.2) is 0 Å². The lowest BCUT2D eigenvalue weighted by molar-refractivity contribution is -0.146. The Kier molecular flexibility index (Phi) is 3.80. The maximum absolute atomic E-state index is 12.9. The van der Waals surface area contributed by atoms with Crippen LogP contribution in [0.2, 0.25) is 0 Å². The third-order valence-electron chi connectivity index (χ3n) is 4.68. The minimum atomic E-state index is -0.958. The van der Waals surface area contributed by atoms with E-state index >= 15 is 0 Å². The van der Waals surface area contributed by atoms with Crippen molar-refractivity contribution in [2.24, 2.45) is 23.7 Å². The summed E-state index contributed by atoms with van der Waals surface area (Å²) in [5, 5.41) is 12.3. The van der Waals surface area contributed by atoms with E-state index in [0.29, 0.717) is 5.69 Å². The number of benzene rings is 1. The molecule has 1 aromatic rings. The molecule has 1 fully saturated rings. The van der Waals surface area contributed by atoms with Gasteiger partial charge in [0.05, 0.1) is 11.8 Å². The summed E-state index contributed by atoms with van der Waals surface area (Å²) in [5.74, 6) is -3.47. The van der Waals surface area contributed by atoms with E-state index in [2.05, 4.69) is 5.32 Å². The molecule has 1 amide bonds. The van der Waals surface area contributed by atoms with Gasteiger partial charge in [0.1, 0.15) is 5.82 Å². The molecule has 5 heteroatoms. The predicted octanol–water partition coefficient (Wildman–Crippen LogP) is 3.23. The summed E-state index contributed by atoms with van der Waals surface area (Å²) >= 11 is 0. The fourth-order valence-corrected chi connectivity index (χ4v) is 3.80. The highest BCUT2D eigenvalue weighted by atomic mass is 19.1. The summed E-state index contributed by atoms with van der Waals surface area (Å²) < 4.78 is 12.9. The second kappa shape index (κ2) is 5.65. The van der Waals surface area contributed by atoms with Crippen molar-refractivity contribution in [3.63, 3.8) is 0 Å². The van der Waals surface area contributed by atoms with Gasteiger partial charge in [-0.05, 0) is 38.1 Å². The second-order valence-corrected chi connectivity index (χ2v) is 6.28. The van der Waals surface area contributed by atoms with E-state index in [1.807, 2.05) is 26.0 Å². The van der Waals surface area contributed by atoms with Crippen LogP contribution in [0.15, 0.2) is 47.6 Å². The SMILES string of the molecule is CC(C)=C1[C@H]2C=C[C@@H]1[C@H](C(=O)O)[C@@H]2C(=O)Nc1ccc(F)cc1. The number of hydrogen-bond acceptors (Lipinski definition) is 2. The summed E-state index contributed by atoms with van der Waals surface area (Å²) in [5.41, 5.74) is 2.57. The normalized spacial score (nSPS) is 28.0. The molecule has 0 radical (unpaired) electrons. The molecule has 2 aliphatic carbocycles. The first kappa shape index (κ1) is 15.5. The van der Waals surface area contributed by atoms with Crippen LogP contribution in [0.4, 0.5) is 10.1 Å². The Bertz CT molecular complexity index is 716. The van der Waals surface area contributed by atoms with E-state index in [1.165, 1.54) is 24.3 Å². The van der Waals surface area contributed by atoms with Crippen molar-refractivity contribution in [3.05, 3.63) is 53.4 Å². The van der Waals surface area contributed by atoms with Crippen LogP contribution >= 0.6 is 0 Å². The zero-order valence-corrected chi connectivity index (χ0v) is 12.9. The number of amides is 1. The maximum atomic E-state index is 12.9. The molecule has 4 nitrogen and oxygen atoms in total. The average molecular weight is 315 g/mol. The van der Waals surface area contributed by atoms with Crippen LogP contribution in [-0.4, -0.2) is 17.0 Å². The lowest BCUT2D eigenvalue weighted by Gasteiger charge is -2.23. The number of carboxylic acids is 1. The van der Waals surface area contributed by atoms with Crippen LogP contribution in [0.3, 0.4) is 0 Å². The lowest BCUT2D eigenvalue weighted by atomic mass is 9.82. The van der Waals surface area contributed by atoms with Gasteiger partial charge < -0.3 is 10.4 Å². The van der Waals surface area contributed by atoms with Crippen LogP contribution in [-0.2, 0) is 9.59 Å². The molecule has 2 aliphatic rings. The predicted molar refractivity (Wildman–Crippen MR) is 84.1 cm³/mol. The molecule has 0 spiro atoms. The number of halogens is 1. The number of nitrogens with one attached hydrogen (secondary N) is 1. The quantitative estimate of drug-likeness (QED) is 0.842. The first-order chi connectivity index (χ1) is 10.9. The first-order valence-electron chi connectivity index (χ1n) is 7.55. The van der Waals surface area contributed by atoms with Crippen molar-refractivity contribution in [1.82, 2.24) is 0 Å². The molecule has 120 valence electrons. The smallest absolute Gasteiger partial charge is 0.308 e. The zero-order chi connectivity index (χ0) is 16.7. The van der Waals surface area contributed by atoms with Crippen molar-refractivity contribution in [1.29, 1.82) is 0 Å². The summed E-state index contributed by atoms with van der Waals surface area (Å²) in [4.78, 5) is 24.3. The molecular formula is C18H18FNO3. The Labute approximate surface area is 133 Å². The highest BCUT2D eigenvalue weighted by molar-refractivity contribution is 5.97. The molecule has 2 N–H and O–H groups in total. The third kappa shape index (κ3) is 2.56. The minimum absolute atomic E-state index is 0.174. The molecule has 23 heavy (non-hydrogen) atoms. The van der Waals surface area contributed by atoms with E-state index in [9.17, 15) is 19.1 Å². The summed E-state index contributed by atoms with van der Waals surface area (Å²) in [7, 11) is 0. The fourth-order valence-electron chi connectivity index (χ4n) is 3.80. The van der Waals surface area contributed by atoms with E-state index < -0.39 is 17.8 Å². The number of anilines is 1. The van der Waals surface area contributed by atoms with E-state index in [-0.39, 0.29) is 23.6 Å². The number of carbonyl (C=O) groups excluding carboxylic acids is 1. The third-order valence-corrected chi connectivity index (χ3v) is 4.68. The summed E-state index contributed by atoms with van der Waals surface area (Å²) in [6.45, 7) is 3.89. The standard InChI is InChI=1S/C18H18FNO3/c1-9(2)14-12-7-8-13(14)16(18(22)23)15(12)17(21)20-11-5-3-10(19)4-6-11/h3-8,12-13,15-16H,1-2H3,(H,20,21)(H,22,23)/t12-,13+,15-,16+/m1/s1. The molecule has 0 heterocycles. The maximum Gasteiger partial charge on any atom is 0.308 e. The monoisotopic (exact) mass is 315 g/mol. The molecule has 2 bridgehead atoms. The number of carboxylic acid groups (broad SMARTS) is 1. The van der Waals surface area contributed by atoms with Crippen molar-refractivity contribution in [3.8, 4) is 0 Å². The van der Waals surface area contributed by atoms with Crippen molar-refractivity contribution >= 4 is 17.6 Å². The topological polar surface area (TPSA) is 66.4 Å². The number of allylic oxidation sites excluding steroid dienone is 4. The molecule has 0 saturated heterocycles. The lowest BCUT2D eigenvalue weighted by Crippen LogP contribution is -2.36. The Morgan fingerprint density at radius 3 is 2.13 bits per heavy atom. The van der Waals surface area contributed by atoms with E-state index in [1.54, 1.807) is 0 Å². The summed E-state index contributed by atoms with van der Waals surface area (Å²) in [6.07, 6.45) is 3.83. The molecule has 3 rings (SSSR count). The van der Waals surface area contributed by atoms with Crippen molar-refractivity contribution in [2.45, 2.75) is 13.8 Å². The Morgan fingerprint density at radius 2 is 1.61 bits per heavy atom. The molecule has 0 unspecified atom stereocenters. The van der Waals surface area contributed by atoms with E-state index in [0.717, 1.165) is 11.1 Å². The molecule has 0 aromatic heterocycles. The highest BCUT2D eigenvalue weighted by Crippen LogP contribution is 2.53. The second-order valence-electron chi connectivity index (χ2n) is 6.28. The largest absolute Gasteiger partial charge is 0.481 e. The van der Waals surface area contributed by atoms with Crippen LogP contribution < -0.4 is 5.32 Å². The zero-order valence-electron chi connectivity index (χ0n) is 12.9. The van der Waals surface area contributed by atoms with Gasteiger partial charge in [-0.1, -0.05) is 23.3 Å². The van der Waals surface area contributed by atoms with Crippen molar-refractivity contribution < 1.29 is 19.1 Å². The average Bonchev–Trinajstić information content (AvgIpc) is 3.05. The number of aliphatic carboxylic acids is 1. The highest BCUT2D eigenvalue weighted by Gasteiger charge is 2.54. The molecule has 0 aliphatic heterocycles. The number of rotatable bonds is 3. The van der Waals surface area contributed by atoms with Gasteiger partial charge in [-0.15, -0.1) is 0 Å². The fraction of sp³-hybridized carbons (Fsp3) is 0.333. The Balaban J connectivity index is 1.89. The number of carbonyl (C=O) groups is 2. The number of fused-ring (bicyclic) bond motifs is 2.